The van der Waals surface area contributed by atoms with Gasteiger partial charge in [-0.2, -0.15) is 0 Å². The Balaban J connectivity index is 2.12. The zero-order chi connectivity index (χ0) is 7.31. The SMILES string of the molecule is C1=CC2=CC3(C=CC2=C1)CC3. The van der Waals surface area contributed by atoms with Gasteiger partial charge in [-0.25, -0.2) is 0 Å². The van der Waals surface area contributed by atoms with E-state index in [1.807, 2.05) is 0 Å². The van der Waals surface area contributed by atoms with Crippen molar-refractivity contribution in [1.29, 1.82) is 0 Å². The van der Waals surface area contributed by atoms with E-state index >= 15 is 0 Å². The summed E-state index contributed by atoms with van der Waals surface area (Å²) in [5.41, 5.74) is 3.31. The maximum atomic E-state index is 2.42. The minimum Gasteiger partial charge on any atom is -0.0739 e. The Kier molecular flexibility index (Phi) is 0.803. The zero-order valence-corrected chi connectivity index (χ0v) is 6.38. The molecule has 0 aliphatic heterocycles. The Morgan fingerprint density at radius 3 is 2.82 bits per heavy atom. The van der Waals surface area contributed by atoms with Gasteiger partial charge in [0, 0.05) is 5.41 Å². The van der Waals surface area contributed by atoms with Crippen LogP contribution in [0.25, 0.3) is 0 Å². The molecule has 0 heterocycles. The fraction of sp³-hybridized carbons (Fsp3) is 0.273. The van der Waals surface area contributed by atoms with E-state index in [2.05, 4.69) is 36.5 Å². The van der Waals surface area contributed by atoms with Crippen molar-refractivity contribution in [3.8, 4) is 0 Å². The molecule has 0 aromatic carbocycles. The second-order valence-electron chi connectivity index (χ2n) is 3.65. The normalized spacial score (nSPS) is 28.4. The summed E-state index contributed by atoms with van der Waals surface area (Å²) in [6.45, 7) is 0. The van der Waals surface area contributed by atoms with Gasteiger partial charge in [0.2, 0.25) is 0 Å². The molecule has 0 radical (unpaired) electrons. The van der Waals surface area contributed by atoms with Gasteiger partial charge in [-0.1, -0.05) is 36.5 Å². The number of hydrogen-bond acceptors (Lipinski definition) is 0. The van der Waals surface area contributed by atoms with Gasteiger partial charge in [0.25, 0.3) is 0 Å². The van der Waals surface area contributed by atoms with Crippen molar-refractivity contribution >= 4 is 0 Å². The number of hydrogen-bond donors (Lipinski definition) is 0. The van der Waals surface area contributed by atoms with Crippen LogP contribution in [0.15, 0.2) is 47.6 Å². The van der Waals surface area contributed by atoms with Crippen molar-refractivity contribution in [2.45, 2.75) is 12.8 Å². The molecule has 0 saturated heterocycles. The molecule has 0 N–H and O–H groups in total. The molecule has 0 unspecified atom stereocenters. The first kappa shape index (κ1) is 5.59. The Bertz CT molecular complexity index is 320. The van der Waals surface area contributed by atoms with Crippen LogP contribution in [0.1, 0.15) is 12.8 Å². The number of fused-ring (bicyclic) bond motifs is 1. The van der Waals surface area contributed by atoms with E-state index in [1.165, 1.54) is 24.0 Å². The van der Waals surface area contributed by atoms with Gasteiger partial charge in [0.1, 0.15) is 0 Å². The van der Waals surface area contributed by atoms with Gasteiger partial charge in [-0.3, -0.25) is 0 Å². The van der Waals surface area contributed by atoms with E-state index < -0.39 is 0 Å². The van der Waals surface area contributed by atoms with Crippen LogP contribution in [0.5, 0.6) is 0 Å². The highest BCUT2D eigenvalue weighted by Gasteiger charge is 2.39. The van der Waals surface area contributed by atoms with Crippen molar-refractivity contribution in [3.05, 3.63) is 47.6 Å². The molecule has 54 valence electrons. The molecule has 11 heavy (non-hydrogen) atoms. The summed E-state index contributed by atoms with van der Waals surface area (Å²) in [7, 11) is 0. The summed E-state index contributed by atoms with van der Waals surface area (Å²) in [5, 5.41) is 0. The van der Waals surface area contributed by atoms with Gasteiger partial charge in [0.15, 0.2) is 0 Å². The molecule has 0 atom stereocenters. The Hall–Kier alpha value is -1.04. The lowest BCUT2D eigenvalue weighted by molar-refractivity contribution is 0.840. The lowest BCUT2D eigenvalue weighted by atomic mass is 9.93. The first-order chi connectivity index (χ1) is 5.38. The highest BCUT2D eigenvalue weighted by Crippen LogP contribution is 2.52. The minimum atomic E-state index is 0.487. The maximum absolute atomic E-state index is 2.42. The number of allylic oxidation sites excluding steroid dienone is 8. The Morgan fingerprint density at radius 2 is 2.00 bits per heavy atom. The van der Waals surface area contributed by atoms with Gasteiger partial charge in [-0.05, 0) is 24.0 Å². The van der Waals surface area contributed by atoms with E-state index in [1.54, 1.807) is 0 Å². The van der Waals surface area contributed by atoms with Crippen LogP contribution in [0.2, 0.25) is 0 Å². The highest BCUT2D eigenvalue weighted by molar-refractivity contribution is 5.58. The highest BCUT2D eigenvalue weighted by atomic mass is 14.4. The summed E-state index contributed by atoms with van der Waals surface area (Å²) in [4.78, 5) is 0. The third kappa shape index (κ3) is 0.697. The smallest absolute Gasteiger partial charge is 0.00743 e. The number of rotatable bonds is 0. The third-order valence-corrected chi connectivity index (χ3v) is 2.75. The topological polar surface area (TPSA) is 0 Å². The fourth-order valence-corrected chi connectivity index (χ4v) is 1.80. The molecular weight excluding hydrogens is 132 g/mol. The maximum Gasteiger partial charge on any atom is 0.00743 e. The molecule has 0 bridgehead atoms. The van der Waals surface area contributed by atoms with Crippen LogP contribution in [-0.4, -0.2) is 0 Å². The van der Waals surface area contributed by atoms with Gasteiger partial charge >= 0.3 is 0 Å². The molecule has 1 saturated carbocycles. The zero-order valence-electron chi connectivity index (χ0n) is 6.38. The molecule has 3 aliphatic carbocycles. The average molecular weight is 142 g/mol. The summed E-state index contributed by atoms with van der Waals surface area (Å²) >= 11 is 0. The molecule has 3 aliphatic rings. The summed E-state index contributed by atoms with van der Waals surface area (Å²) in [5.74, 6) is 0. The summed E-state index contributed by atoms with van der Waals surface area (Å²) in [6.07, 6.45) is 16.3. The standard InChI is InChI=1S/C11H10/c1-2-9-4-5-11(6-7-11)8-10(9)3-1/h1-5,8H,6-7H2. The Labute approximate surface area is 66.6 Å². The molecule has 1 spiro atoms. The summed E-state index contributed by atoms with van der Waals surface area (Å²) in [6, 6.07) is 0. The third-order valence-electron chi connectivity index (χ3n) is 2.75. The molecule has 1 fully saturated rings. The predicted octanol–water partition coefficient (Wildman–Crippen LogP) is 2.76. The lowest BCUT2D eigenvalue weighted by Crippen LogP contribution is -1.97. The molecule has 0 aromatic heterocycles. The van der Waals surface area contributed by atoms with E-state index in [9.17, 15) is 0 Å². The summed E-state index contributed by atoms with van der Waals surface area (Å²) < 4.78 is 0. The van der Waals surface area contributed by atoms with Gasteiger partial charge < -0.3 is 0 Å². The van der Waals surface area contributed by atoms with Crippen LogP contribution in [0.4, 0.5) is 0 Å². The quantitative estimate of drug-likeness (QED) is 0.488. The van der Waals surface area contributed by atoms with Crippen molar-refractivity contribution in [2.75, 3.05) is 0 Å². The first-order valence-corrected chi connectivity index (χ1v) is 4.19. The van der Waals surface area contributed by atoms with Crippen LogP contribution in [0, 0.1) is 5.41 Å². The lowest BCUT2D eigenvalue weighted by Gasteiger charge is -2.12. The molecule has 0 amide bonds. The van der Waals surface area contributed by atoms with Crippen molar-refractivity contribution in [1.82, 2.24) is 0 Å². The van der Waals surface area contributed by atoms with E-state index in [0.29, 0.717) is 5.41 Å². The molecule has 3 rings (SSSR count). The van der Waals surface area contributed by atoms with Gasteiger partial charge in [0.05, 0.1) is 0 Å². The second kappa shape index (κ2) is 1.58. The van der Waals surface area contributed by atoms with Crippen LogP contribution in [-0.2, 0) is 0 Å². The van der Waals surface area contributed by atoms with Gasteiger partial charge in [-0.15, -0.1) is 0 Å². The van der Waals surface area contributed by atoms with Crippen LogP contribution in [0.3, 0.4) is 0 Å². The average Bonchev–Trinajstić information content (AvgIpc) is 2.63. The monoisotopic (exact) mass is 142 g/mol. The Morgan fingerprint density at radius 1 is 1.09 bits per heavy atom. The van der Waals surface area contributed by atoms with Crippen LogP contribution < -0.4 is 0 Å². The molecule has 0 aromatic rings. The van der Waals surface area contributed by atoms with Crippen molar-refractivity contribution in [2.24, 2.45) is 5.41 Å². The minimum absolute atomic E-state index is 0.487. The van der Waals surface area contributed by atoms with Crippen molar-refractivity contribution in [3.63, 3.8) is 0 Å². The largest absolute Gasteiger partial charge is 0.0739 e. The molecule has 0 heteroatoms. The second-order valence-corrected chi connectivity index (χ2v) is 3.65. The first-order valence-electron chi connectivity index (χ1n) is 4.19. The molecule has 0 nitrogen and oxygen atoms in total. The molecular formula is C11H10. The predicted molar refractivity (Wildman–Crippen MR) is 46.1 cm³/mol. The van der Waals surface area contributed by atoms with E-state index in [-0.39, 0.29) is 0 Å². The van der Waals surface area contributed by atoms with E-state index in [4.69, 9.17) is 0 Å². The fourth-order valence-electron chi connectivity index (χ4n) is 1.80. The van der Waals surface area contributed by atoms with Crippen LogP contribution >= 0.6 is 0 Å². The van der Waals surface area contributed by atoms with Crippen molar-refractivity contribution < 1.29 is 0 Å². The van der Waals surface area contributed by atoms with E-state index in [0.717, 1.165) is 0 Å².